The third kappa shape index (κ3) is 4.61. The molecule has 1 aromatic carbocycles. The van der Waals surface area contributed by atoms with Crippen LogP contribution in [0.5, 0.6) is 11.5 Å². The molecule has 1 atom stereocenters. The van der Waals surface area contributed by atoms with E-state index in [9.17, 15) is 4.79 Å². The highest BCUT2D eigenvalue weighted by atomic mass is 16.5. The molecule has 1 fully saturated rings. The quantitative estimate of drug-likeness (QED) is 0.875. The number of nitrogens with one attached hydrogen (secondary N) is 1. The number of methoxy groups -OCH3 is 2. The van der Waals surface area contributed by atoms with Crippen molar-refractivity contribution in [3.63, 3.8) is 0 Å². The number of rotatable bonds is 6. The normalized spacial score (nSPS) is 17.0. The maximum atomic E-state index is 12.3. The van der Waals surface area contributed by atoms with Crippen LogP contribution in [-0.4, -0.2) is 44.7 Å². The minimum Gasteiger partial charge on any atom is -0.497 e. The van der Waals surface area contributed by atoms with E-state index in [1.807, 2.05) is 30.0 Å². The lowest BCUT2D eigenvalue weighted by atomic mass is 9.99. The molecule has 5 nitrogen and oxygen atoms in total. The average Bonchev–Trinajstić information content (AvgIpc) is 2.59. The van der Waals surface area contributed by atoms with Crippen LogP contribution in [-0.2, 0) is 4.79 Å². The highest BCUT2D eigenvalue weighted by Gasteiger charge is 2.21. The molecule has 0 bridgehead atoms. The molecule has 2 rings (SSSR count). The van der Waals surface area contributed by atoms with Gasteiger partial charge in [-0.25, -0.2) is 0 Å². The Morgan fingerprint density at radius 3 is 2.61 bits per heavy atom. The average molecular weight is 320 g/mol. The van der Waals surface area contributed by atoms with Crippen molar-refractivity contribution in [1.29, 1.82) is 0 Å². The molecule has 5 heteroatoms. The second-order valence-electron chi connectivity index (χ2n) is 6.27. The van der Waals surface area contributed by atoms with Crippen molar-refractivity contribution in [1.82, 2.24) is 10.2 Å². The summed E-state index contributed by atoms with van der Waals surface area (Å²) < 4.78 is 10.6. The molecule has 1 N–H and O–H groups in total. The molecular weight excluding hydrogens is 292 g/mol. The molecule has 0 radical (unpaired) electrons. The lowest BCUT2D eigenvalue weighted by molar-refractivity contribution is -0.131. The zero-order valence-corrected chi connectivity index (χ0v) is 14.6. The van der Waals surface area contributed by atoms with E-state index in [1.165, 1.54) is 0 Å². The van der Waals surface area contributed by atoms with E-state index in [0.29, 0.717) is 6.54 Å². The van der Waals surface area contributed by atoms with Gasteiger partial charge in [-0.3, -0.25) is 4.79 Å². The molecule has 128 valence electrons. The fraction of sp³-hybridized carbons (Fsp3) is 0.611. The van der Waals surface area contributed by atoms with Gasteiger partial charge in [-0.05, 0) is 31.7 Å². The number of nitrogens with zero attached hydrogens (tertiary/aromatic N) is 1. The summed E-state index contributed by atoms with van der Waals surface area (Å²) in [6, 6.07) is 5.77. The molecule has 1 amide bonds. The first-order valence-corrected chi connectivity index (χ1v) is 8.28. The van der Waals surface area contributed by atoms with E-state index < -0.39 is 0 Å². The SMILES string of the molecule is COc1ccc([C@H](C)NCC(=O)N2CCC(C)CC2)c(OC)c1. The third-order valence-electron chi connectivity index (χ3n) is 4.60. The van der Waals surface area contributed by atoms with Crippen molar-refractivity contribution < 1.29 is 14.3 Å². The van der Waals surface area contributed by atoms with E-state index in [4.69, 9.17) is 9.47 Å². The Morgan fingerprint density at radius 2 is 2.00 bits per heavy atom. The van der Waals surface area contributed by atoms with Crippen molar-refractivity contribution in [2.24, 2.45) is 5.92 Å². The molecule has 1 heterocycles. The van der Waals surface area contributed by atoms with Crippen LogP contribution in [0.25, 0.3) is 0 Å². The Bertz CT molecular complexity index is 525. The van der Waals surface area contributed by atoms with Crippen LogP contribution >= 0.6 is 0 Å². The first-order chi connectivity index (χ1) is 11.0. The van der Waals surface area contributed by atoms with Crippen molar-refractivity contribution in [3.8, 4) is 11.5 Å². The van der Waals surface area contributed by atoms with E-state index >= 15 is 0 Å². The van der Waals surface area contributed by atoms with Gasteiger partial charge in [0.2, 0.25) is 5.91 Å². The maximum Gasteiger partial charge on any atom is 0.236 e. The van der Waals surface area contributed by atoms with Gasteiger partial charge in [-0.1, -0.05) is 13.0 Å². The second kappa shape index (κ2) is 8.20. The van der Waals surface area contributed by atoms with Gasteiger partial charge < -0.3 is 19.7 Å². The van der Waals surface area contributed by atoms with E-state index in [2.05, 4.69) is 12.2 Å². The number of carbonyl (C=O) groups excluding carboxylic acids is 1. The topological polar surface area (TPSA) is 50.8 Å². The summed E-state index contributed by atoms with van der Waals surface area (Å²) in [6.07, 6.45) is 2.21. The van der Waals surface area contributed by atoms with Gasteiger partial charge in [0, 0.05) is 30.8 Å². The van der Waals surface area contributed by atoms with Gasteiger partial charge >= 0.3 is 0 Å². The Balaban J connectivity index is 1.91. The van der Waals surface area contributed by atoms with Crippen molar-refractivity contribution in [2.45, 2.75) is 32.7 Å². The van der Waals surface area contributed by atoms with Crippen LogP contribution in [0.1, 0.15) is 38.3 Å². The molecule has 0 aliphatic carbocycles. The molecule has 1 aliphatic rings. The number of carbonyl (C=O) groups is 1. The van der Waals surface area contributed by atoms with Crippen molar-refractivity contribution in [2.75, 3.05) is 33.9 Å². The largest absolute Gasteiger partial charge is 0.497 e. The smallest absolute Gasteiger partial charge is 0.236 e. The highest BCUT2D eigenvalue weighted by molar-refractivity contribution is 5.78. The summed E-state index contributed by atoms with van der Waals surface area (Å²) in [5.74, 6) is 2.44. The fourth-order valence-corrected chi connectivity index (χ4v) is 2.90. The molecule has 0 saturated carbocycles. The van der Waals surface area contributed by atoms with Gasteiger partial charge in [0.05, 0.1) is 20.8 Å². The summed E-state index contributed by atoms with van der Waals surface area (Å²) >= 11 is 0. The maximum absolute atomic E-state index is 12.3. The zero-order chi connectivity index (χ0) is 16.8. The summed E-state index contributed by atoms with van der Waals surface area (Å²) in [6.45, 7) is 6.39. The molecular formula is C18H28N2O3. The van der Waals surface area contributed by atoms with Gasteiger partial charge in [0.1, 0.15) is 11.5 Å². The fourth-order valence-electron chi connectivity index (χ4n) is 2.90. The van der Waals surface area contributed by atoms with Crippen molar-refractivity contribution >= 4 is 5.91 Å². The van der Waals surface area contributed by atoms with Gasteiger partial charge in [-0.2, -0.15) is 0 Å². The van der Waals surface area contributed by atoms with Gasteiger partial charge in [0.15, 0.2) is 0 Å². The zero-order valence-electron chi connectivity index (χ0n) is 14.6. The summed E-state index contributed by atoms with van der Waals surface area (Å²) in [7, 11) is 3.28. The number of piperidine rings is 1. The second-order valence-corrected chi connectivity index (χ2v) is 6.27. The monoisotopic (exact) mass is 320 g/mol. The standard InChI is InChI=1S/C18H28N2O3/c1-13-7-9-20(10-8-13)18(21)12-19-14(2)16-6-5-15(22-3)11-17(16)23-4/h5-6,11,13-14,19H,7-10,12H2,1-4H3/t14-/m0/s1. The Kier molecular flexibility index (Phi) is 6.28. The number of hydrogen-bond donors (Lipinski definition) is 1. The van der Waals surface area contributed by atoms with E-state index in [1.54, 1.807) is 14.2 Å². The third-order valence-corrected chi connectivity index (χ3v) is 4.60. The number of ether oxygens (including phenoxy) is 2. The number of benzene rings is 1. The molecule has 0 aromatic heterocycles. The van der Waals surface area contributed by atoms with Crippen molar-refractivity contribution in [3.05, 3.63) is 23.8 Å². The first kappa shape index (κ1) is 17.6. The van der Waals surface area contributed by atoms with Crippen LogP contribution in [0.3, 0.4) is 0 Å². The van der Waals surface area contributed by atoms with Crippen LogP contribution in [0.4, 0.5) is 0 Å². The minimum absolute atomic E-state index is 0.0310. The molecule has 23 heavy (non-hydrogen) atoms. The molecule has 1 aromatic rings. The summed E-state index contributed by atoms with van der Waals surface area (Å²) in [4.78, 5) is 14.3. The summed E-state index contributed by atoms with van der Waals surface area (Å²) in [5.41, 5.74) is 1.02. The van der Waals surface area contributed by atoms with Gasteiger partial charge in [-0.15, -0.1) is 0 Å². The van der Waals surface area contributed by atoms with E-state index in [-0.39, 0.29) is 11.9 Å². The Morgan fingerprint density at radius 1 is 1.30 bits per heavy atom. The van der Waals surface area contributed by atoms with E-state index in [0.717, 1.165) is 48.9 Å². The van der Waals surface area contributed by atoms with Crippen LogP contribution in [0, 0.1) is 5.92 Å². The predicted octanol–water partition coefficient (Wildman–Crippen LogP) is 2.61. The number of likely N-dealkylation sites (tertiary alicyclic amines) is 1. The van der Waals surface area contributed by atoms with Crippen LogP contribution in [0.15, 0.2) is 18.2 Å². The first-order valence-electron chi connectivity index (χ1n) is 8.28. The Labute approximate surface area is 139 Å². The lowest BCUT2D eigenvalue weighted by Crippen LogP contribution is -2.43. The molecule has 1 aliphatic heterocycles. The number of hydrogen-bond acceptors (Lipinski definition) is 4. The summed E-state index contributed by atoms with van der Waals surface area (Å²) in [5, 5.41) is 3.31. The number of amides is 1. The predicted molar refractivity (Wildman–Crippen MR) is 90.9 cm³/mol. The minimum atomic E-state index is 0.0310. The van der Waals surface area contributed by atoms with Gasteiger partial charge in [0.25, 0.3) is 0 Å². The Hall–Kier alpha value is -1.75. The highest BCUT2D eigenvalue weighted by Crippen LogP contribution is 2.29. The van der Waals surface area contributed by atoms with Crippen LogP contribution in [0.2, 0.25) is 0 Å². The lowest BCUT2D eigenvalue weighted by Gasteiger charge is -2.30. The molecule has 1 saturated heterocycles. The molecule has 0 spiro atoms. The molecule has 0 unspecified atom stereocenters. The van der Waals surface area contributed by atoms with Crippen LogP contribution < -0.4 is 14.8 Å².